The number of carbonyl (C=O) groups is 1. The molecule has 2 atom stereocenters. The highest BCUT2D eigenvalue weighted by Crippen LogP contribution is 2.44. The van der Waals surface area contributed by atoms with Gasteiger partial charge in [0.1, 0.15) is 11.4 Å². The lowest BCUT2D eigenvalue weighted by molar-refractivity contribution is 0.0665. The summed E-state index contributed by atoms with van der Waals surface area (Å²) in [6.45, 7) is 7.45. The minimum Gasteiger partial charge on any atom is -0.363 e. The van der Waals surface area contributed by atoms with Gasteiger partial charge in [0.2, 0.25) is 0 Å². The Balaban J connectivity index is 1.56. The molecule has 0 bridgehead atoms. The molecule has 3 heterocycles. The molecule has 0 spiro atoms. The number of halogens is 1. The number of hydrogen-bond acceptors (Lipinski definition) is 3. The van der Waals surface area contributed by atoms with Crippen LogP contribution in [0.25, 0.3) is 0 Å². The molecule has 1 aromatic carbocycles. The predicted molar refractivity (Wildman–Crippen MR) is 107 cm³/mol. The number of likely N-dealkylation sites (tertiary alicyclic amines) is 1. The molecule has 1 aromatic heterocycles. The van der Waals surface area contributed by atoms with Crippen molar-refractivity contribution in [3.63, 3.8) is 0 Å². The molecular formula is C22H26FN3O2. The van der Waals surface area contributed by atoms with Crippen LogP contribution in [0.1, 0.15) is 42.7 Å². The van der Waals surface area contributed by atoms with Gasteiger partial charge in [0, 0.05) is 36.1 Å². The van der Waals surface area contributed by atoms with E-state index in [2.05, 4.69) is 23.7 Å². The molecule has 2 saturated heterocycles. The summed E-state index contributed by atoms with van der Waals surface area (Å²) >= 11 is 0. The number of nitrogens with zero attached hydrogens (tertiary/aromatic N) is 2. The topological polar surface area (TPSA) is 56.4 Å². The highest BCUT2D eigenvalue weighted by atomic mass is 19.1. The van der Waals surface area contributed by atoms with Crippen LogP contribution in [0.3, 0.4) is 0 Å². The SMILES string of the molecule is Cc1ccc(C(=O)N2CC[C@H]3[C@@H](C2)CC(C)(C)N3c2ccc(F)cc2)c(=O)[nH]1. The Labute approximate surface area is 164 Å². The number of pyridine rings is 1. The third-order valence-corrected chi connectivity index (χ3v) is 6.12. The van der Waals surface area contributed by atoms with Crippen LogP contribution < -0.4 is 10.5 Å². The fraction of sp³-hybridized carbons (Fsp3) is 0.455. The van der Waals surface area contributed by atoms with Crippen molar-refractivity contribution in [2.45, 2.75) is 45.2 Å². The zero-order valence-electron chi connectivity index (χ0n) is 16.5. The smallest absolute Gasteiger partial charge is 0.260 e. The van der Waals surface area contributed by atoms with Crippen LogP contribution in [0, 0.1) is 18.7 Å². The van der Waals surface area contributed by atoms with E-state index in [4.69, 9.17) is 0 Å². The zero-order chi connectivity index (χ0) is 20.1. The average Bonchev–Trinajstić information content (AvgIpc) is 2.91. The Morgan fingerprint density at radius 2 is 1.89 bits per heavy atom. The molecule has 5 nitrogen and oxygen atoms in total. The van der Waals surface area contributed by atoms with E-state index in [1.165, 1.54) is 12.1 Å². The second kappa shape index (κ2) is 6.76. The van der Waals surface area contributed by atoms with Crippen molar-refractivity contribution in [1.82, 2.24) is 9.88 Å². The van der Waals surface area contributed by atoms with Gasteiger partial charge in [-0.1, -0.05) is 0 Å². The number of anilines is 1. The van der Waals surface area contributed by atoms with E-state index >= 15 is 0 Å². The Morgan fingerprint density at radius 3 is 2.57 bits per heavy atom. The van der Waals surface area contributed by atoms with E-state index in [-0.39, 0.29) is 28.4 Å². The lowest BCUT2D eigenvalue weighted by Crippen LogP contribution is -2.50. The minimum atomic E-state index is -0.327. The molecule has 2 aliphatic rings. The molecular weight excluding hydrogens is 357 g/mol. The van der Waals surface area contributed by atoms with Crippen LogP contribution in [0.4, 0.5) is 10.1 Å². The van der Waals surface area contributed by atoms with Crippen molar-refractivity contribution in [2.24, 2.45) is 5.92 Å². The number of fused-ring (bicyclic) bond motifs is 1. The summed E-state index contributed by atoms with van der Waals surface area (Å²) in [5.41, 5.74) is 1.57. The highest BCUT2D eigenvalue weighted by molar-refractivity contribution is 5.94. The van der Waals surface area contributed by atoms with Crippen LogP contribution in [0.15, 0.2) is 41.2 Å². The highest BCUT2D eigenvalue weighted by Gasteiger charge is 2.48. The predicted octanol–water partition coefficient (Wildman–Crippen LogP) is 3.34. The third-order valence-electron chi connectivity index (χ3n) is 6.12. The summed E-state index contributed by atoms with van der Waals surface area (Å²) in [7, 11) is 0. The normalized spacial score (nSPS) is 23.6. The summed E-state index contributed by atoms with van der Waals surface area (Å²) < 4.78 is 13.4. The molecule has 0 aliphatic carbocycles. The summed E-state index contributed by atoms with van der Waals surface area (Å²) in [5.74, 6) is -0.110. The molecule has 0 radical (unpaired) electrons. The number of carbonyl (C=O) groups excluding carboxylic acids is 1. The van der Waals surface area contributed by atoms with Crippen LogP contribution in [0.5, 0.6) is 0 Å². The van der Waals surface area contributed by atoms with Gasteiger partial charge in [0.05, 0.1) is 0 Å². The van der Waals surface area contributed by atoms with Crippen LogP contribution in [-0.4, -0.2) is 40.5 Å². The molecule has 0 saturated carbocycles. The largest absolute Gasteiger partial charge is 0.363 e. The number of aromatic nitrogens is 1. The van der Waals surface area contributed by atoms with E-state index in [0.29, 0.717) is 25.0 Å². The van der Waals surface area contributed by atoms with Crippen molar-refractivity contribution in [3.8, 4) is 0 Å². The standard InChI is InChI=1S/C22H26FN3O2/c1-14-4-9-18(20(27)24-14)21(28)25-11-10-19-15(13-25)12-22(2,3)26(19)17-7-5-16(23)6-8-17/h4-9,15,19H,10-13H2,1-3H3,(H,24,27)/t15-,19+/m1/s1. The van der Waals surface area contributed by atoms with Crippen molar-refractivity contribution >= 4 is 11.6 Å². The van der Waals surface area contributed by atoms with Gasteiger partial charge in [0.25, 0.3) is 11.5 Å². The number of H-pyrrole nitrogens is 1. The van der Waals surface area contributed by atoms with Crippen LogP contribution in [-0.2, 0) is 0 Å². The summed E-state index contributed by atoms with van der Waals surface area (Å²) in [4.78, 5) is 32.0. The van der Waals surface area contributed by atoms with Crippen molar-refractivity contribution in [1.29, 1.82) is 0 Å². The Morgan fingerprint density at radius 1 is 1.18 bits per heavy atom. The Kier molecular flexibility index (Phi) is 4.52. The van der Waals surface area contributed by atoms with E-state index in [9.17, 15) is 14.0 Å². The van der Waals surface area contributed by atoms with Crippen molar-refractivity contribution in [3.05, 3.63) is 63.8 Å². The number of nitrogens with one attached hydrogen (secondary N) is 1. The zero-order valence-corrected chi connectivity index (χ0v) is 16.5. The van der Waals surface area contributed by atoms with E-state index in [1.54, 1.807) is 19.1 Å². The third kappa shape index (κ3) is 3.21. The fourth-order valence-corrected chi connectivity index (χ4v) is 4.99. The first-order valence-corrected chi connectivity index (χ1v) is 9.80. The Hall–Kier alpha value is -2.63. The number of benzene rings is 1. The average molecular weight is 383 g/mol. The molecule has 2 fully saturated rings. The van der Waals surface area contributed by atoms with Gasteiger partial charge in [-0.05, 0) is 75.9 Å². The van der Waals surface area contributed by atoms with Gasteiger partial charge in [-0.15, -0.1) is 0 Å². The number of aryl methyl sites for hydroxylation is 1. The maximum Gasteiger partial charge on any atom is 0.260 e. The first-order valence-electron chi connectivity index (χ1n) is 9.80. The van der Waals surface area contributed by atoms with Gasteiger partial charge in [-0.3, -0.25) is 9.59 Å². The quantitative estimate of drug-likeness (QED) is 0.865. The molecule has 1 N–H and O–H groups in total. The Bertz CT molecular complexity index is 951. The molecule has 2 aliphatic heterocycles. The van der Waals surface area contributed by atoms with Crippen LogP contribution in [0.2, 0.25) is 0 Å². The second-order valence-corrected chi connectivity index (χ2v) is 8.61. The maximum atomic E-state index is 13.4. The number of rotatable bonds is 2. The van der Waals surface area contributed by atoms with E-state index in [1.807, 2.05) is 17.0 Å². The van der Waals surface area contributed by atoms with E-state index in [0.717, 1.165) is 24.2 Å². The van der Waals surface area contributed by atoms with Crippen molar-refractivity contribution in [2.75, 3.05) is 18.0 Å². The van der Waals surface area contributed by atoms with E-state index < -0.39 is 0 Å². The number of aromatic amines is 1. The maximum absolute atomic E-state index is 13.4. The lowest BCUT2D eigenvalue weighted by Gasteiger charge is -2.41. The molecule has 6 heteroatoms. The lowest BCUT2D eigenvalue weighted by atomic mass is 9.89. The molecule has 1 amide bonds. The first kappa shape index (κ1) is 18.7. The second-order valence-electron chi connectivity index (χ2n) is 8.61. The first-order chi connectivity index (χ1) is 13.3. The minimum absolute atomic E-state index is 0.0758. The summed E-state index contributed by atoms with van der Waals surface area (Å²) in [5, 5.41) is 0. The molecule has 0 unspecified atom stereocenters. The number of piperidine rings is 1. The van der Waals surface area contributed by atoms with Gasteiger partial charge < -0.3 is 14.8 Å². The van der Waals surface area contributed by atoms with Gasteiger partial charge in [-0.25, -0.2) is 4.39 Å². The van der Waals surface area contributed by atoms with Crippen LogP contribution >= 0.6 is 0 Å². The van der Waals surface area contributed by atoms with Gasteiger partial charge in [0.15, 0.2) is 0 Å². The monoisotopic (exact) mass is 383 g/mol. The summed E-state index contributed by atoms with van der Waals surface area (Å²) in [6, 6.07) is 10.4. The summed E-state index contributed by atoms with van der Waals surface area (Å²) in [6.07, 6.45) is 1.78. The molecule has 2 aromatic rings. The number of amides is 1. The molecule has 28 heavy (non-hydrogen) atoms. The van der Waals surface area contributed by atoms with Gasteiger partial charge in [-0.2, -0.15) is 0 Å². The molecule has 148 valence electrons. The number of hydrogen-bond donors (Lipinski definition) is 1. The van der Waals surface area contributed by atoms with Gasteiger partial charge >= 0.3 is 0 Å². The fourth-order valence-electron chi connectivity index (χ4n) is 4.99. The van der Waals surface area contributed by atoms with Crippen molar-refractivity contribution < 1.29 is 9.18 Å². The molecule has 4 rings (SSSR count).